The van der Waals surface area contributed by atoms with Crippen LogP contribution in [-0.4, -0.2) is 72.3 Å². The van der Waals surface area contributed by atoms with Crippen molar-refractivity contribution < 1.29 is 22.8 Å². The summed E-state index contributed by atoms with van der Waals surface area (Å²) in [5.41, 5.74) is 2.22. The van der Waals surface area contributed by atoms with E-state index in [4.69, 9.17) is 0 Å². The Morgan fingerprint density at radius 2 is 1.85 bits per heavy atom. The molecule has 1 aliphatic carbocycles. The maximum Gasteiger partial charge on any atom is 0.416 e. The van der Waals surface area contributed by atoms with Gasteiger partial charge in [-0.15, -0.1) is 0 Å². The van der Waals surface area contributed by atoms with Gasteiger partial charge in [0, 0.05) is 68.4 Å². The summed E-state index contributed by atoms with van der Waals surface area (Å²) >= 11 is 0. The minimum absolute atomic E-state index is 0.0558. The monoisotopic (exact) mass is 538 g/mol. The number of fused-ring (bicyclic) bond motifs is 1. The summed E-state index contributed by atoms with van der Waals surface area (Å²) in [5.74, 6) is -0.244. The number of amides is 3. The Morgan fingerprint density at radius 1 is 1.08 bits per heavy atom. The van der Waals surface area contributed by atoms with Crippen molar-refractivity contribution >= 4 is 23.3 Å². The minimum atomic E-state index is -4.52. The molecule has 1 aliphatic heterocycles. The Morgan fingerprint density at radius 3 is 2.54 bits per heavy atom. The van der Waals surface area contributed by atoms with Gasteiger partial charge in [0.25, 0.3) is 5.91 Å². The largest absolute Gasteiger partial charge is 0.416 e. The van der Waals surface area contributed by atoms with Crippen LogP contribution in [0.5, 0.6) is 0 Å². The lowest BCUT2D eigenvalue weighted by Crippen LogP contribution is -2.67. The summed E-state index contributed by atoms with van der Waals surface area (Å²) in [6.45, 7) is 1.16. The maximum absolute atomic E-state index is 13.2. The quantitative estimate of drug-likeness (QED) is 0.425. The van der Waals surface area contributed by atoms with E-state index in [1.54, 1.807) is 33.5 Å². The molecule has 5 heterocycles. The number of hydrogen-bond acceptors (Lipinski definition) is 5. The van der Waals surface area contributed by atoms with Crippen molar-refractivity contribution in [2.45, 2.75) is 25.1 Å². The molecule has 0 atom stereocenters. The molecule has 202 valence electrons. The fourth-order valence-electron chi connectivity index (χ4n) is 5.48. The second-order valence-corrected chi connectivity index (χ2v) is 10.4. The normalized spacial score (nSPS) is 16.7. The molecular weight excluding hydrogens is 513 g/mol. The highest BCUT2D eigenvalue weighted by Gasteiger charge is 2.55. The summed E-state index contributed by atoms with van der Waals surface area (Å²) in [6, 6.07) is 4.88. The third kappa shape index (κ3) is 4.47. The van der Waals surface area contributed by atoms with E-state index in [9.17, 15) is 22.8 Å². The van der Waals surface area contributed by atoms with Gasteiger partial charge in [-0.25, -0.2) is 14.3 Å². The molecule has 6 rings (SSSR count). The second-order valence-electron chi connectivity index (χ2n) is 10.4. The van der Waals surface area contributed by atoms with Crippen LogP contribution >= 0.6 is 0 Å². The van der Waals surface area contributed by atoms with Crippen molar-refractivity contribution in [2.24, 2.45) is 12.5 Å². The number of pyridine rings is 2. The zero-order chi connectivity index (χ0) is 27.5. The summed E-state index contributed by atoms with van der Waals surface area (Å²) in [4.78, 5) is 32.9. The van der Waals surface area contributed by atoms with Crippen molar-refractivity contribution in [3.63, 3.8) is 0 Å². The molecule has 0 bridgehead atoms. The van der Waals surface area contributed by atoms with E-state index in [1.807, 2.05) is 31.6 Å². The number of aromatic nitrogens is 5. The average molecular weight is 539 g/mol. The van der Waals surface area contributed by atoms with Gasteiger partial charge in [-0.1, -0.05) is 6.07 Å². The molecule has 4 aromatic rings. The van der Waals surface area contributed by atoms with Crippen LogP contribution < -0.4 is 5.32 Å². The Kier molecular flexibility index (Phi) is 5.63. The molecule has 10 nitrogen and oxygen atoms in total. The number of urea groups is 1. The number of likely N-dealkylation sites (tertiary alicyclic amines) is 1. The van der Waals surface area contributed by atoms with Gasteiger partial charge in [0.05, 0.1) is 29.0 Å². The Labute approximate surface area is 221 Å². The smallest absolute Gasteiger partial charge is 0.337 e. The van der Waals surface area contributed by atoms with Crippen LogP contribution in [-0.2, 0) is 13.2 Å². The third-order valence-electron chi connectivity index (χ3n) is 7.65. The number of nitrogens with one attached hydrogen (secondary N) is 1. The van der Waals surface area contributed by atoms with Crippen LogP contribution in [0.25, 0.3) is 16.6 Å². The third-order valence-corrected chi connectivity index (χ3v) is 7.65. The fourth-order valence-corrected chi connectivity index (χ4v) is 5.48. The summed E-state index contributed by atoms with van der Waals surface area (Å²) < 4.78 is 42.2. The molecule has 1 N–H and O–H groups in total. The maximum atomic E-state index is 13.2. The standard InChI is InChI=1S/C26H25F3N8O2/c1-34-12-17(10-31-34)16-3-4-21-20(11-32-37(21)13-16)23(38)36-14-25(15-36)8-19(9-25)35(2)24(39)33-22-7-18(5-6-30-22)26(27,28)29/h3-7,10-13,19H,8-9,14-15H2,1-2H3,(H,30,33,39). The first-order chi connectivity index (χ1) is 18.5. The second kappa shape index (κ2) is 8.82. The lowest BCUT2D eigenvalue weighted by Gasteiger charge is -2.60. The van der Waals surface area contributed by atoms with Gasteiger partial charge >= 0.3 is 12.2 Å². The van der Waals surface area contributed by atoms with Gasteiger partial charge in [-0.05, 0) is 31.0 Å². The fraction of sp³-hybridized carbons (Fsp3) is 0.346. The van der Waals surface area contributed by atoms with Crippen LogP contribution in [0.2, 0.25) is 0 Å². The molecule has 2 aliphatic rings. The molecule has 13 heteroatoms. The van der Waals surface area contributed by atoms with Gasteiger partial charge < -0.3 is 9.80 Å². The number of carbonyl (C=O) groups is 2. The molecule has 4 aromatic heterocycles. The summed E-state index contributed by atoms with van der Waals surface area (Å²) in [5, 5.41) is 11.0. The van der Waals surface area contributed by atoms with Gasteiger partial charge in [0.1, 0.15) is 5.82 Å². The first kappa shape index (κ1) is 24.9. The number of aryl methyl sites for hydroxylation is 1. The number of anilines is 1. The zero-order valence-corrected chi connectivity index (χ0v) is 21.2. The number of nitrogens with zero attached hydrogens (tertiary/aromatic N) is 7. The predicted molar refractivity (Wildman–Crippen MR) is 135 cm³/mol. The molecule has 3 amide bonds. The number of hydrogen-bond donors (Lipinski definition) is 1. The van der Waals surface area contributed by atoms with Crippen LogP contribution in [0.3, 0.4) is 0 Å². The lowest BCUT2D eigenvalue weighted by molar-refractivity contribution is -0.137. The van der Waals surface area contributed by atoms with Crippen molar-refractivity contribution in [3.05, 3.63) is 66.4 Å². The van der Waals surface area contributed by atoms with E-state index in [0.29, 0.717) is 31.5 Å². The number of halogens is 3. The van der Waals surface area contributed by atoms with E-state index < -0.39 is 17.8 Å². The topological polar surface area (TPSA) is 101 Å². The van der Waals surface area contributed by atoms with Crippen LogP contribution in [0.15, 0.2) is 55.2 Å². The molecule has 2 fully saturated rings. The van der Waals surface area contributed by atoms with Crippen LogP contribution in [0.1, 0.15) is 28.8 Å². The Hall–Kier alpha value is -4.42. The molecular formula is C26H25F3N8O2. The SMILES string of the molecule is CN(C(=O)Nc1cc(C(F)(F)F)ccn1)C1CC2(C1)CN(C(=O)c1cnn3cc(-c4cnn(C)c4)ccc13)C2. The number of rotatable bonds is 4. The average Bonchev–Trinajstić information content (AvgIpc) is 3.47. The first-order valence-electron chi connectivity index (χ1n) is 12.3. The molecule has 0 radical (unpaired) electrons. The van der Waals surface area contributed by atoms with Crippen LogP contribution in [0.4, 0.5) is 23.8 Å². The predicted octanol–water partition coefficient (Wildman–Crippen LogP) is 3.92. The van der Waals surface area contributed by atoms with Crippen molar-refractivity contribution in [3.8, 4) is 11.1 Å². The molecule has 0 unspecified atom stereocenters. The van der Waals surface area contributed by atoms with Gasteiger partial charge in [0.2, 0.25) is 0 Å². The van der Waals surface area contributed by atoms with Crippen molar-refractivity contribution in [1.29, 1.82) is 0 Å². The Bertz CT molecular complexity index is 1580. The number of carbonyl (C=O) groups excluding carboxylic acids is 2. The summed E-state index contributed by atoms with van der Waals surface area (Å²) in [6.07, 6.45) is 5.04. The highest BCUT2D eigenvalue weighted by molar-refractivity contribution is 6.01. The van der Waals surface area contributed by atoms with E-state index in [2.05, 4.69) is 20.5 Å². The highest BCUT2D eigenvalue weighted by Crippen LogP contribution is 2.50. The van der Waals surface area contributed by atoms with Gasteiger partial charge in [-0.3, -0.25) is 14.8 Å². The van der Waals surface area contributed by atoms with E-state index in [-0.39, 0.29) is 23.2 Å². The van der Waals surface area contributed by atoms with E-state index in [1.165, 1.54) is 4.90 Å². The van der Waals surface area contributed by atoms with E-state index >= 15 is 0 Å². The van der Waals surface area contributed by atoms with Crippen molar-refractivity contribution in [1.82, 2.24) is 34.2 Å². The molecule has 1 spiro atoms. The Balaban J connectivity index is 1.04. The van der Waals surface area contributed by atoms with Gasteiger partial charge in [0.15, 0.2) is 0 Å². The molecule has 1 saturated carbocycles. The number of alkyl halides is 3. The molecule has 1 saturated heterocycles. The zero-order valence-electron chi connectivity index (χ0n) is 21.2. The minimum Gasteiger partial charge on any atom is -0.337 e. The lowest BCUT2D eigenvalue weighted by atomic mass is 9.60. The highest BCUT2D eigenvalue weighted by atomic mass is 19.4. The summed E-state index contributed by atoms with van der Waals surface area (Å²) in [7, 11) is 3.46. The molecule has 39 heavy (non-hydrogen) atoms. The van der Waals surface area contributed by atoms with Gasteiger partial charge in [-0.2, -0.15) is 23.4 Å². The van der Waals surface area contributed by atoms with Crippen LogP contribution in [0, 0.1) is 5.41 Å². The van der Waals surface area contributed by atoms with Crippen molar-refractivity contribution in [2.75, 3.05) is 25.5 Å². The van der Waals surface area contributed by atoms with E-state index in [0.717, 1.165) is 35.0 Å². The first-order valence-corrected chi connectivity index (χ1v) is 12.3. The molecule has 0 aromatic carbocycles.